The van der Waals surface area contributed by atoms with Crippen LogP contribution in [0.2, 0.25) is 0 Å². The minimum Gasteiger partial charge on any atom is -0.0654 e. The van der Waals surface area contributed by atoms with Gasteiger partial charge in [-0.3, -0.25) is 0 Å². The first-order valence-corrected chi connectivity index (χ1v) is 10.1. The molecule has 0 radical (unpaired) electrons. The van der Waals surface area contributed by atoms with Gasteiger partial charge in [0.15, 0.2) is 0 Å². The Morgan fingerprint density at radius 3 is 1.85 bits per heavy atom. The smallest absolute Gasteiger partial charge is 0.00733 e. The van der Waals surface area contributed by atoms with Gasteiger partial charge in [-0.15, -0.1) is 0 Å². The lowest BCUT2D eigenvalue weighted by Gasteiger charge is -2.16. The topological polar surface area (TPSA) is 0 Å². The van der Waals surface area contributed by atoms with Crippen molar-refractivity contribution in [1.29, 1.82) is 0 Å². The van der Waals surface area contributed by atoms with Gasteiger partial charge in [-0.2, -0.15) is 0 Å². The van der Waals surface area contributed by atoms with Crippen molar-refractivity contribution in [2.75, 3.05) is 0 Å². The third-order valence-corrected chi connectivity index (χ3v) is 5.10. The van der Waals surface area contributed by atoms with E-state index in [2.05, 4.69) is 85.8 Å². The average Bonchev–Trinajstić information content (AvgIpc) is 2.71. The molecule has 0 aliphatic carbocycles. The molecule has 0 heterocycles. The monoisotopic (exact) mass is 342 g/mol. The quantitative estimate of drug-likeness (QED) is 0.346. The predicted molar refractivity (Wildman–Crippen MR) is 114 cm³/mol. The lowest BCUT2D eigenvalue weighted by atomic mass is 9.88. The minimum absolute atomic E-state index is 1.16. The average molecular weight is 343 g/mol. The van der Waals surface area contributed by atoms with Crippen LogP contribution >= 0.6 is 0 Å². The highest BCUT2D eigenvalue weighted by Gasteiger charge is 2.11. The first-order chi connectivity index (χ1) is 12.9. The van der Waals surface area contributed by atoms with Gasteiger partial charge in [-0.05, 0) is 40.7 Å². The van der Waals surface area contributed by atoms with Gasteiger partial charge in [0.2, 0.25) is 0 Å². The zero-order chi connectivity index (χ0) is 18.0. The first-order valence-electron chi connectivity index (χ1n) is 10.1. The molecule has 0 saturated carbocycles. The maximum absolute atomic E-state index is 2.32. The Morgan fingerprint density at radius 1 is 0.538 bits per heavy atom. The van der Waals surface area contributed by atoms with Gasteiger partial charge >= 0.3 is 0 Å². The van der Waals surface area contributed by atoms with Gasteiger partial charge in [0, 0.05) is 0 Å². The zero-order valence-corrected chi connectivity index (χ0v) is 16.0. The number of unbranched alkanes of at least 4 members (excludes halogenated alkanes) is 5. The molecule has 0 N–H and O–H groups in total. The maximum atomic E-state index is 2.32. The SMILES string of the molecule is CCCCCCCCc1cccc(-c2ccccc2)c1-c1ccccc1. The molecule has 3 aromatic rings. The zero-order valence-electron chi connectivity index (χ0n) is 16.0. The Bertz CT molecular complexity index is 772. The lowest BCUT2D eigenvalue weighted by molar-refractivity contribution is 0.608. The summed E-state index contributed by atoms with van der Waals surface area (Å²) in [6.45, 7) is 2.28. The third-order valence-electron chi connectivity index (χ3n) is 5.10. The molecule has 0 nitrogen and oxygen atoms in total. The maximum Gasteiger partial charge on any atom is -0.00733 e. The van der Waals surface area contributed by atoms with Crippen molar-refractivity contribution in [2.24, 2.45) is 0 Å². The molecule has 0 heteroatoms. The fourth-order valence-electron chi connectivity index (χ4n) is 3.71. The standard InChI is InChI=1S/C26H30/c1-2-3-4-5-6-9-17-24-20-14-21-25(22-15-10-7-11-16-22)26(24)23-18-12-8-13-19-23/h7-8,10-16,18-21H,2-6,9,17H2,1H3. The van der Waals surface area contributed by atoms with E-state index < -0.39 is 0 Å². The molecular weight excluding hydrogens is 312 g/mol. The van der Waals surface area contributed by atoms with E-state index in [0.717, 1.165) is 6.42 Å². The third kappa shape index (κ3) is 4.85. The summed E-state index contributed by atoms with van der Waals surface area (Å²) in [5.74, 6) is 0. The molecule has 0 aliphatic rings. The van der Waals surface area contributed by atoms with Gasteiger partial charge in [-0.1, -0.05) is 118 Å². The highest BCUT2D eigenvalue weighted by molar-refractivity contribution is 5.85. The summed E-state index contributed by atoms with van der Waals surface area (Å²) in [6, 6.07) is 28.5. The number of rotatable bonds is 9. The fraction of sp³-hybridized carbons (Fsp3) is 0.308. The van der Waals surface area contributed by atoms with E-state index in [1.165, 1.54) is 66.3 Å². The van der Waals surface area contributed by atoms with Crippen LogP contribution in [0.1, 0.15) is 51.0 Å². The number of hydrogen-bond acceptors (Lipinski definition) is 0. The Kier molecular flexibility index (Phi) is 7.07. The van der Waals surface area contributed by atoms with Crippen molar-refractivity contribution in [3.8, 4) is 22.3 Å². The summed E-state index contributed by atoms with van der Waals surface area (Å²) in [6.07, 6.45) is 9.22. The van der Waals surface area contributed by atoms with Crippen LogP contribution in [-0.2, 0) is 6.42 Å². The Labute approximate surface area is 158 Å². The van der Waals surface area contributed by atoms with E-state index in [0.29, 0.717) is 0 Å². The number of hydrogen-bond donors (Lipinski definition) is 0. The molecule has 0 spiro atoms. The Morgan fingerprint density at radius 2 is 1.15 bits per heavy atom. The van der Waals surface area contributed by atoms with Crippen molar-refractivity contribution in [3.63, 3.8) is 0 Å². The number of aryl methyl sites for hydroxylation is 1. The molecule has 0 aliphatic heterocycles. The van der Waals surface area contributed by atoms with Crippen molar-refractivity contribution in [3.05, 3.63) is 84.4 Å². The van der Waals surface area contributed by atoms with Gasteiger partial charge < -0.3 is 0 Å². The van der Waals surface area contributed by atoms with Crippen molar-refractivity contribution < 1.29 is 0 Å². The van der Waals surface area contributed by atoms with Crippen LogP contribution in [0.15, 0.2) is 78.9 Å². The van der Waals surface area contributed by atoms with Crippen LogP contribution in [0.4, 0.5) is 0 Å². The summed E-state index contributed by atoms with van der Waals surface area (Å²) >= 11 is 0. The van der Waals surface area contributed by atoms with Crippen molar-refractivity contribution in [2.45, 2.75) is 51.9 Å². The molecule has 0 unspecified atom stereocenters. The van der Waals surface area contributed by atoms with Crippen LogP contribution in [0.3, 0.4) is 0 Å². The van der Waals surface area contributed by atoms with E-state index >= 15 is 0 Å². The van der Waals surface area contributed by atoms with Gasteiger partial charge in [0.05, 0.1) is 0 Å². The van der Waals surface area contributed by atoms with Gasteiger partial charge in [0.25, 0.3) is 0 Å². The second kappa shape index (κ2) is 9.97. The van der Waals surface area contributed by atoms with E-state index in [9.17, 15) is 0 Å². The van der Waals surface area contributed by atoms with E-state index in [1.807, 2.05) is 0 Å². The fourth-order valence-corrected chi connectivity index (χ4v) is 3.71. The van der Waals surface area contributed by atoms with Crippen LogP contribution in [-0.4, -0.2) is 0 Å². The normalized spacial score (nSPS) is 10.8. The lowest BCUT2D eigenvalue weighted by Crippen LogP contribution is -1.94. The molecule has 3 rings (SSSR count). The molecule has 0 fully saturated rings. The van der Waals surface area contributed by atoms with Crippen LogP contribution in [0.5, 0.6) is 0 Å². The second-order valence-electron chi connectivity index (χ2n) is 7.09. The molecule has 0 amide bonds. The highest BCUT2D eigenvalue weighted by atomic mass is 14.2. The molecule has 0 bridgehead atoms. The summed E-state index contributed by atoms with van der Waals surface area (Å²) in [5.41, 5.74) is 6.87. The predicted octanol–water partition coefficient (Wildman–Crippen LogP) is 7.92. The van der Waals surface area contributed by atoms with Crippen LogP contribution in [0.25, 0.3) is 22.3 Å². The van der Waals surface area contributed by atoms with Crippen molar-refractivity contribution in [1.82, 2.24) is 0 Å². The van der Waals surface area contributed by atoms with Gasteiger partial charge in [0.1, 0.15) is 0 Å². The second-order valence-corrected chi connectivity index (χ2v) is 7.09. The Balaban J connectivity index is 1.87. The summed E-state index contributed by atoms with van der Waals surface area (Å²) < 4.78 is 0. The highest BCUT2D eigenvalue weighted by Crippen LogP contribution is 2.35. The van der Waals surface area contributed by atoms with Crippen LogP contribution in [0, 0.1) is 0 Å². The molecule has 0 saturated heterocycles. The van der Waals surface area contributed by atoms with Crippen molar-refractivity contribution >= 4 is 0 Å². The van der Waals surface area contributed by atoms with Crippen LogP contribution < -0.4 is 0 Å². The molecule has 3 aromatic carbocycles. The molecule has 0 aromatic heterocycles. The molecular formula is C26H30. The molecule has 26 heavy (non-hydrogen) atoms. The van der Waals surface area contributed by atoms with E-state index in [4.69, 9.17) is 0 Å². The Hall–Kier alpha value is -2.34. The summed E-state index contributed by atoms with van der Waals surface area (Å²) in [4.78, 5) is 0. The van der Waals surface area contributed by atoms with E-state index in [1.54, 1.807) is 0 Å². The summed E-state index contributed by atoms with van der Waals surface area (Å²) in [7, 11) is 0. The number of benzene rings is 3. The molecule has 0 atom stereocenters. The molecule has 134 valence electrons. The minimum atomic E-state index is 1.16. The summed E-state index contributed by atoms with van der Waals surface area (Å²) in [5, 5.41) is 0. The largest absolute Gasteiger partial charge is 0.0654 e. The van der Waals surface area contributed by atoms with Gasteiger partial charge in [-0.25, -0.2) is 0 Å². The van der Waals surface area contributed by atoms with E-state index in [-0.39, 0.29) is 0 Å². The first kappa shape index (κ1) is 18.5.